The van der Waals surface area contributed by atoms with Crippen LogP contribution in [0.3, 0.4) is 0 Å². The first-order valence-electron chi connectivity index (χ1n) is 5.36. The van der Waals surface area contributed by atoms with Crippen LogP contribution in [0.25, 0.3) is 0 Å². The first-order chi connectivity index (χ1) is 7.81. The van der Waals surface area contributed by atoms with E-state index in [0.29, 0.717) is 39.0 Å². The molecule has 0 radical (unpaired) electrons. The van der Waals surface area contributed by atoms with Crippen molar-refractivity contribution < 1.29 is 19.1 Å². The van der Waals surface area contributed by atoms with E-state index in [2.05, 4.69) is 10.6 Å². The van der Waals surface area contributed by atoms with Crippen molar-refractivity contribution in [2.75, 3.05) is 40.0 Å². The number of hydrogen-bond acceptors (Lipinski definition) is 5. The fourth-order valence-corrected chi connectivity index (χ4v) is 0.957. The quantitative estimate of drug-likeness (QED) is 0.280. The third-order valence-corrected chi connectivity index (χ3v) is 1.77. The highest BCUT2D eigenvalue weighted by molar-refractivity contribution is 5.69. The van der Waals surface area contributed by atoms with E-state index in [4.69, 9.17) is 9.47 Å². The third kappa shape index (κ3) is 10.9. The fourth-order valence-electron chi connectivity index (χ4n) is 0.957. The second-order valence-corrected chi connectivity index (χ2v) is 3.11. The molecule has 0 aromatic heterocycles. The van der Waals surface area contributed by atoms with E-state index in [1.54, 1.807) is 0 Å². The van der Waals surface area contributed by atoms with Crippen LogP contribution in [0, 0.1) is 0 Å². The molecule has 0 aliphatic carbocycles. The maximum atomic E-state index is 11.1. The maximum Gasteiger partial charge on any atom is 0.305 e. The molecule has 0 spiro atoms. The Morgan fingerprint density at radius 3 is 2.75 bits per heavy atom. The van der Waals surface area contributed by atoms with E-state index in [1.165, 1.54) is 0 Å². The van der Waals surface area contributed by atoms with Crippen molar-refractivity contribution >= 4 is 12.4 Å². The molecule has 1 amide bonds. The Labute approximate surface area is 95.7 Å². The first kappa shape index (κ1) is 14.9. The van der Waals surface area contributed by atoms with E-state index < -0.39 is 0 Å². The Kier molecular flexibility index (Phi) is 11.1. The van der Waals surface area contributed by atoms with Crippen LogP contribution >= 0.6 is 0 Å². The number of likely N-dealkylation sites (N-methyl/N-ethyl adjacent to an activating group) is 1. The van der Waals surface area contributed by atoms with E-state index >= 15 is 0 Å². The first-order valence-corrected chi connectivity index (χ1v) is 5.36. The summed E-state index contributed by atoms with van der Waals surface area (Å²) < 4.78 is 10.1. The summed E-state index contributed by atoms with van der Waals surface area (Å²) in [5.74, 6) is -0.259. The molecular weight excluding hydrogens is 212 g/mol. The van der Waals surface area contributed by atoms with Gasteiger partial charge in [0.15, 0.2) is 0 Å². The van der Waals surface area contributed by atoms with Crippen molar-refractivity contribution in [3.05, 3.63) is 0 Å². The van der Waals surface area contributed by atoms with Crippen molar-refractivity contribution in [1.82, 2.24) is 10.6 Å². The molecule has 0 aliphatic rings. The minimum absolute atomic E-state index is 0.259. The van der Waals surface area contributed by atoms with E-state index in [-0.39, 0.29) is 12.6 Å². The largest absolute Gasteiger partial charge is 0.463 e. The van der Waals surface area contributed by atoms with E-state index in [9.17, 15) is 9.59 Å². The third-order valence-electron chi connectivity index (χ3n) is 1.77. The summed E-state index contributed by atoms with van der Waals surface area (Å²) in [4.78, 5) is 21.0. The molecule has 0 fully saturated rings. The number of nitrogens with one attached hydrogen (secondary N) is 2. The number of rotatable bonds is 11. The number of ether oxygens (including phenoxy) is 2. The zero-order valence-electron chi connectivity index (χ0n) is 9.66. The Bertz CT molecular complexity index is 188. The highest BCUT2D eigenvalue weighted by Gasteiger charge is 2.01. The van der Waals surface area contributed by atoms with Crippen LogP contribution in [0.4, 0.5) is 0 Å². The lowest BCUT2D eigenvalue weighted by Gasteiger charge is -2.05. The van der Waals surface area contributed by atoms with Crippen molar-refractivity contribution in [3.63, 3.8) is 0 Å². The molecule has 0 saturated heterocycles. The van der Waals surface area contributed by atoms with Gasteiger partial charge in [-0.3, -0.25) is 9.59 Å². The molecule has 0 atom stereocenters. The number of carbonyl (C=O) groups is 2. The predicted molar refractivity (Wildman–Crippen MR) is 59.0 cm³/mol. The second kappa shape index (κ2) is 11.9. The minimum Gasteiger partial charge on any atom is -0.463 e. The normalized spacial score (nSPS) is 9.81. The summed E-state index contributed by atoms with van der Waals surface area (Å²) in [6.45, 7) is 2.59. The minimum atomic E-state index is -0.259. The highest BCUT2D eigenvalue weighted by atomic mass is 16.6. The smallest absolute Gasteiger partial charge is 0.305 e. The molecule has 0 aromatic rings. The molecule has 0 unspecified atom stereocenters. The predicted octanol–water partition coefficient (Wildman–Crippen LogP) is -0.708. The summed E-state index contributed by atoms with van der Waals surface area (Å²) in [6, 6.07) is 0. The van der Waals surface area contributed by atoms with Gasteiger partial charge in [0.05, 0.1) is 13.2 Å². The fraction of sp³-hybridized carbons (Fsp3) is 0.800. The average Bonchev–Trinajstić information content (AvgIpc) is 2.29. The summed E-state index contributed by atoms with van der Waals surface area (Å²) in [6.07, 6.45) is 1.52. The van der Waals surface area contributed by atoms with Crippen molar-refractivity contribution in [1.29, 1.82) is 0 Å². The Balaban J connectivity index is 3.14. The van der Waals surface area contributed by atoms with Crippen molar-refractivity contribution in [3.8, 4) is 0 Å². The molecule has 0 heterocycles. The van der Waals surface area contributed by atoms with Crippen LogP contribution in [0.2, 0.25) is 0 Å². The number of esters is 1. The Hall–Kier alpha value is -1.14. The lowest BCUT2D eigenvalue weighted by molar-refractivity contribution is -0.145. The molecule has 6 heteroatoms. The van der Waals surface area contributed by atoms with Gasteiger partial charge in [-0.15, -0.1) is 0 Å². The Morgan fingerprint density at radius 1 is 1.25 bits per heavy atom. The van der Waals surface area contributed by atoms with E-state index in [1.807, 2.05) is 7.05 Å². The average molecular weight is 232 g/mol. The summed E-state index contributed by atoms with van der Waals surface area (Å²) in [5, 5.41) is 5.41. The maximum absolute atomic E-state index is 11.1. The molecule has 0 rings (SSSR count). The number of carbonyl (C=O) groups excluding carboxylic acids is 2. The van der Waals surface area contributed by atoms with Gasteiger partial charge < -0.3 is 20.1 Å². The second-order valence-electron chi connectivity index (χ2n) is 3.11. The van der Waals surface area contributed by atoms with Gasteiger partial charge in [0.1, 0.15) is 6.61 Å². The lowest BCUT2D eigenvalue weighted by atomic mass is 10.3. The van der Waals surface area contributed by atoms with Crippen molar-refractivity contribution in [2.45, 2.75) is 12.8 Å². The SMILES string of the molecule is CNCCOCCOC(=O)CCCNC=O. The van der Waals surface area contributed by atoms with Gasteiger partial charge >= 0.3 is 5.97 Å². The monoisotopic (exact) mass is 232 g/mol. The van der Waals surface area contributed by atoms with E-state index in [0.717, 1.165) is 6.54 Å². The van der Waals surface area contributed by atoms with Crippen LogP contribution in [-0.4, -0.2) is 52.3 Å². The van der Waals surface area contributed by atoms with Crippen molar-refractivity contribution in [2.24, 2.45) is 0 Å². The van der Waals surface area contributed by atoms with Gasteiger partial charge in [-0.05, 0) is 13.5 Å². The highest BCUT2D eigenvalue weighted by Crippen LogP contribution is 1.91. The molecule has 0 aliphatic heterocycles. The van der Waals surface area contributed by atoms with Crippen LogP contribution in [0.1, 0.15) is 12.8 Å². The van der Waals surface area contributed by atoms with Gasteiger partial charge in [0.25, 0.3) is 0 Å². The lowest BCUT2D eigenvalue weighted by Crippen LogP contribution is -2.18. The molecule has 2 N–H and O–H groups in total. The van der Waals surface area contributed by atoms with Gasteiger partial charge in [-0.2, -0.15) is 0 Å². The van der Waals surface area contributed by atoms with Crippen LogP contribution in [0.5, 0.6) is 0 Å². The number of hydrogen-bond donors (Lipinski definition) is 2. The topological polar surface area (TPSA) is 76.7 Å². The Morgan fingerprint density at radius 2 is 2.06 bits per heavy atom. The number of amides is 1. The van der Waals surface area contributed by atoms with Crippen LogP contribution in [0.15, 0.2) is 0 Å². The van der Waals surface area contributed by atoms with Crippen LogP contribution in [-0.2, 0) is 19.1 Å². The van der Waals surface area contributed by atoms with Gasteiger partial charge in [-0.1, -0.05) is 0 Å². The summed E-state index contributed by atoms with van der Waals surface area (Å²) >= 11 is 0. The molecular formula is C10H20N2O4. The molecule has 0 saturated carbocycles. The van der Waals surface area contributed by atoms with Gasteiger partial charge in [-0.25, -0.2) is 0 Å². The summed E-state index contributed by atoms with van der Waals surface area (Å²) in [5.41, 5.74) is 0. The molecule has 0 aromatic carbocycles. The zero-order valence-corrected chi connectivity index (χ0v) is 9.66. The van der Waals surface area contributed by atoms with Gasteiger partial charge in [0, 0.05) is 19.5 Å². The molecule has 16 heavy (non-hydrogen) atoms. The molecule has 0 bridgehead atoms. The molecule has 94 valence electrons. The summed E-state index contributed by atoms with van der Waals surface area (Å²) in [7, 11) is 1.84. The van der Waals surface area contributed by atoms with Crippen LogP contribution < -0.4 is 10.6 Å². The van der Waals surface area contributed by atoms with Gasteiger partial charge in [0.2, 0.25) is 6.41 Å². The zero-order chi connectivity index (χ0) is 12.1. The standard InChI is InChI=1S/C10H20N2O4/c1-11-5-6-15-7-8-16-10(14)3-2-4-12-9-13/h9,11H,2-8H2,1H3,(H,12,13). The molecule has 6 nitrogen and oxygen atoms in total.